The number of benzene rings is 1. The van der Waals surface area contributed by atoms with E-state index in [4.69, 9.17) is 9.73 Å². The summed E-state index contributed by atoms with van der Waals surface area (Å²) in [4.78, 5) is 9.96. The van der Waals surface area contributed by atoms with E-state index in [9.17, 15) is 0 Å². The Morgan fingerprint density at radius 1 is 1.18 bits per heavy atom. The van der Waals surface area contributed by atoms with Gasteiger partial charge < -0.3 is 15.0 Å². The fourth-order valence-corrected chi connectivity index (χ4v) is 4.70. The van der Waals surface area contributed by atoms with Crippen LogP contribution < -0.4 is 5.32 Å². The Morgan fingerprint density at radius 3 is 2.75 bits per heavy atom. The van der Waals surface area contributed by atoms with Crippen molar-refractivity contribution in [3.05, 3.63) is 35.4 Å². The lowest BCUT2D eigenvalue weighted by molar-refractivity contribution is 0.156. The van der Waals surface area contributed by atoms with Crippen LogP contribution in [0.4, 0.5) is 0 Å². The highest BCUT2D eigenvalue weighted by molar-refractivity contribution is 14.0. The van der Waals surface area contributed by atoms with Crippen molar-refractivity contribution in [2.75, 3.05) is 45.9 Å². The zero-order valence-corrected chi connectivity index (χ0v) is 19.5. The quantitative estimate of drug-likeness (QED) is 0.384. The monoisotopic (exact) mass is 498 g/mol. The van der Waals surface area contributed by atoms with Gasteiger partial charge >= 0.3 is 0 Å². The fraction of sp³-hybridized carbons (Fsp3) is 0.682. The van der Waals surface area contributed by atoms with Crippen molar-refractivity contribution >= 4 is 29.9 Å². The molecule has 0 aliphatic carbocycles. The average Bonchev–Trinajstić information content (AvgIpc) is 3.43. The van der Waals surface area contributed by atoms with Gasteiger partial charge in [0.1, 0.15) is 0 Å². The lowest BCUT2D eigenvalue weighted by Gasteiger charge is -2.25. The molecule has 3 heterocycles. The lowest BCUT2D eigenvalue weighted by Crippen LogP contribution is -2.41. The van der Waals surface area contributed by atoms with Crippen LogP contribution in [0.15, 0.2) is 29.3 Å². The van der Waals surface area contributed by atoms with Crippen LogP contribution in [0.3, 0.4) is 0 Å². The Bertz CT molecular complexity index is 654. The van der Waals surface area contributed by atoms with Crippen LogP contribution in [-0.4, -0.2) is 61.7 Å². The summed E-state index contributed by atoms with van der Waals surface area (Å²) in [6.07, 6.45) is 5.11. The summed E-state index contributed by atoms with van der Waals surface area (Å²) in [5.41, 5.74) is 3.09. The highest BCUT2D eigenvalue weighted by atomic mass is 127. The van der Waals surface area contributed by atoms with Gasteiger partial charge in [-0.2, -0.15) is 0 Å². The first-order valence-corrected chi connectivity index (χ1v) is 10.7. The second kappa shape index (κ2) is 10.3. The molecule has 1 unspecified atom stereocenters. The topological polar surface area (TPSA) is 40.1 Å². The molecule has 1 N–H and O–H groups in total. The van der Waals surface area contributed by atoms with E-state index < -0.39 is 0 Å². The van der Waals surface area contributed by atoms with Crippen LogP contribution in [0.1, 0.15) is 43.7 Å². The van der Waals surface area contributed by atoms with Gasteiger partial charge in [0.15, 0.2) is 5.96 Å². The van der Waals surface area contributed by atoms with Gasteiger partial charge in [0.2, 0.25) is 0 Å². The molecule has 0 saturated carbocycles. The number of aliphatic imine (C=N–C) groups is 1. The number of guanidine groups is 1. The zero-order chi connectivity index (χ0) is 18.5. The predicted octanol–water partition coefficient (Wildman–Crippen LogP) is 3.48. The number of nitrogens with one attached hydrogen (secondary N) is 1. The van der Waals surface area contributed by atoms with Crippen molar-refractivity contribution in [3.63, 3.8) is 0 Å². The number of ether oxygens (including phenoxy) is 1. The number of likely N-dealkylation sites (tertiary alicyclic amines) is 2. The van der Waals surface area contributed by atoms with Crippen molar-refractivity contribution in [1.82, 2.24) is 15.1 Å². The Hall–Kier alpha value is -0.860. The fourth-order valence-electron chi connectivity index (χ4n) is 4.70. The maximum Gasteiger partial charge on any atom is 0.194 e. The summed E-state index contributed by atoms with van der Waals surface area (Å²) >= 11 is 0. The largest absolute Gasteiger partial charge is 0.381 e. The van der Waals surface area contributed by atoms with Gasteiger partial charge in [-0.1, -0.05) is 24.3 Å². The van der Waals surface area contributed by atoms with E-state index in [1.165, 1.54) is 49.9 Å². The van der Waals surface area contributed by atoms with Gasteiger partial charge in [0.05, 0.1) is 13.2 Å². The number of halogens is 1. The van der Waals surface area contributed by atoms with E-state index in [2.05, 4.69) is 46.3 Å². The van der Waals surface area contributed by atoms with Crippen molar-refractivity contribution in [1.29, 1.82) is 0 Å². The summed E-state index contributed by atoms with van der Waals surface area (Å²) in [6, 6.07) is 8.98. The standard InChI is InChI=1S/C22H34N4O.HI/c1-2-23-21(26-12-8-22(17-26)9-13-27-18-22)24-15-19-6-5-7-20(14-19)16-25-10-3-4-11-25;/h5-7,14H,2-4,8-13,15-18H2,1H3,(H,23,24);1H. The van der Waals surface area contributed by atoms with E-state index in [0.29, 0.717) is 5.41 Å². The molecule has 156 valence electrons. The van der Waals surface area contributed by atoms with E-state index >= 15 is 0 Å². The second-order valence-electron chi connectivity index (χ2n) is 8.45. The van der Waals surface area contributed by atoms with Gasteiger partial charge in [0, 0.05) is 38.2 Å². The van der Waals surface area contributed by atoms with Crippen LogP contribution in [-0.2, 0) is 17.8 Å². The van der Waals surface area contributed by atoms with Crippen molar-refractivity contribution in [3.8, 4) is 0 Å². The van der Waals surface area contributed by atoms with Crippen molar-refractivity contribution < 1.29 is 4.74 Å². The molecular weight excluding hydrogens is 463 g/mol. The van der Waals surface area contributed by atoms with Gasteiger partial charge in [0.25, 0.3) is 0 Å². The molecule has 0 bridgehead atoms. The van der Waals surface area contributed by atoms with E-state index in [1.54, 1.807) is 0 Å². The smallest absolute Gasteiger partial charge is 0.194 e. The molecule has 3 fully saturated rings. The summed E-state index contributed by atoms with van der Waals surface area (Å²) < 4.78 is 5.68. The SMILES string of the molecule is CCNC(=NCc1cccc(CN2CCCC2)c1)N1CCC2(CCOC2)C1.I. The van der Waals surface area contributed by atoms with Crippen molar-refractivity contribution in [2.45, 2.75) is 45.7 Å². The van der Waals surface area contributed by atoms with Gasteiger partial charge in [-0.05, 0) is 56.8 Å². The minimum Gasteiger partial charge on any atom is -0.381 e. The minimum absolute atomic E-state index is 0. The maximum absolute atomic E-state index is 5.68. The first-order valence-electron chi connectivity index (χ1n) is 10.7. The van der Waals surface area contributed by atoms with E-state index in [0.717, 1.165) is 51.9 Å². The molecule has 3 saturated heterocycles. The molecule has 0 amide bonds. The normalized spacial score (nSPS) is 25.5. The first kappa shape index (κ1) is 21.8. The molecule has 6 heteroatoms. The molecule has 1 aromatic rings. The second-order valence-corrected chi connectivity index (χ2v) is 8.45. The van der Waals surface area contributed by atoms with E-state index in [1.807, 2.05) is 0 Å². The van der Waals surface area contributed by atoms with Gasteiger partial charge in [-0.25, -0.2) is 4.99 Å². The molecular formula is C22H35IN4O. The molecule has 3 aliphatic rings. The van der Waals surface area contributed by atoms with Gasteiger partial charge in [-0.15, -0.1) is 24.0 Å². The maximum atomic E-state index is 5.68. The van der Waals surface area contributed by atoms with Crippen LogP contribution in [0.5, 0.6) is 0 Å². The molecule has 1 aromatic carbocycles. The van der Waals surface area contributed by atoms with Crippen LogP contribution >= 0.6 is 24.0 Å². The average molecular weight is 498 g/mol. The highest BCUT2D eigenvalue weighted by Gasteiger charge is 2.42. The highest BCUT2D eigenvalue weighted by Crippen LogP contribution is 2.38. The molecule has 1 spiro atoms. The third-order valence-electron chi connectivity index (χ3n) is 6.27. The Kier molecular flexibility index (Phi) is 8.00. The molecule has 28 heavy (non-hydrogen) atoms. The molecule has 1 atom stereocenters. The predicted molar refractivity (Wildman–Crippen MR) is 125 cm³/mol. The van der Waals surface area contributed by atoms with Crippen LogP contribution in [0.25, 0.3) is 0 Å². The molecule has 5 nitrogen and oxygen atoms in total. The van der Waals surface area contributed by atoms with E-state index in [-0.39, 0.29) is 24.0 Å². The number of nitrogens with zero attached hydrogens (tertiary/aromatic N) is 3. The molecule has 4 rings (SSSR count). The summed E-state index contributed by atoms with van der Waals surface area (Å²) in [6.45, 7) is 11.4. The Labute approximate surface area is 186 Å². The Balaban J connectivity index is 0.00000225. The summed E-state index contributed by atoms with van der Waals surface area (Å²) in [7, 11) is 0. The first-order chi connectivity index (χ1) is 13.3. The summed E-state index contributed by atoms with van der Waals surface area (Å²) in [5, 5.41) is 3.50. The number of rotatable bonds is 5. The third kappa shape index (κ3) is 5.39. The lowest BCUT2D eigenvalue weighted by atomic mass is 9.87. The molecule has 0 radical (unpaired) electrons. The minimum atomic E-state index is 0. The van der Waals surface area contributed by atoms with Crippen LogP contribution in [0, 0.1) is 5.41 Å². The third-order valence-corrected chi connectivity index (χ3v) is 6.27. The number of hydrogen-bond acceptors (Lipinski definition) is 3. The molecule has 3 aliphatic heterocycles. The van der Waals surface area contributed by atoms with Gasteiger partial charge in [-0.3, -0.25) is 4.90 Å². The van der Waals surface area contributed by atoms with Crippen molar-refractivity contribution in [2.24, 2.45) is 10.4 Å². The molecule has 0 aromatic heterocycles. The summed E-state index contributed by atoms with van der Waals surface area (Å²) in [5.74, 6) is 1.06. The Morgan fingerprint density at radius 2 is 2.00 bits per heavy atom. The number of hydrogen-bond donors (Lipinski definition) is 1. The zero-order valence-electron chi connectivity index (χ0n) is 17.2. The van der Waals surface area contributed by atoms with Crippen LogP contribution in [0.2, 0.25) is 0 Å².